The number of aryl methyl sites for hydroxylation is 1. The van der Waals surface area contributed by atoms with E-state index in [0.29, 0.717) is 11.9 Å². The van der Waals surface area contributed by atoms with E-state index in [1.54, 1.807) is 11.8 Å². The number of aromatic nitrogens is 4. The lowest BCUT2D eigenvalue weighted by Gasteiger charge is -2.08. The van der Waals surface area contributed by atoms with Gasteiger partial charge in [0, 0.05) is 6.54 Å². The molecule has 3 aromatic rings. The number of imidazole rings is 1. The van der Waals surface area contributed by atoms with Crippen LogP contribution in [-0.2, 0) is 13.0 Å². The molecule has 1 aromatic carbocycles. The van der Waals surface area contributed by atoms with Gasteiger partial charge in [-0.2, -0.15) is 4.98 Å². The van der Waals surface area contributed by atoms with Crippen LogP contribution in [0.2, 0.25) is 0 Å². The lowest BCUT2D eigenvalue weighted by Crippen LogP contribution is -2.05. The number of nitrogen functional groups attached to an aromatic ring is 1. The minimum absolute atomic E-state index is 0.318. The minimum atomic E-state index is 0.318. The molecule has 0 saturated heterocycles. The van der Waals surface area contributed by atoms with E-state index in [4.69, 9.17) is 5.73 Å². The molecule has 2 N–H and O–H groups in total. The molecule has 0 radical (unpaired) electrons. The maximum atomic E-state index is 5.90. The maximum Gasteiger partial charge on any atom is 0.223 e. The molecule has 0 aliphatic heterocycles. The van der Waals surface area contributed by atoms with E-state index in [2.05, 4.69) is 57.6 Å². The van der Waals surface area contributed by atoms with Crippen molar-refractivity contribution in [1.82, 2.24) is 19.5 Å². The Bertz CT molecular complexity index is 798. The molecule has 0 saturated carbocycles. The van der Waals surface area contributed by atoms with E-state index in [1.807, 2.05) is 12.4 Å². The van der Waals surface area contributed by atoms with Gasteiger partial charge in [-0.1, -0.05) is 44.2 Å². The number of rotatable bonds is 7. The van der Waals surface area contributed by atoms with Crippen molar-refractivity contribution >= 4 is 28.9 Å². The van der Waals surface area contributed by atoms with Crippen LogP contribution in [0.1, 0.15) is 25.8 Å². The Kier molecular flexibility index (Phi) is 5.35. The number of hydrogen-bond acceptors (Lipinski definition) is 5. The van der Waals surface area contributed by atoms with E-state index < -0.39 is 0 Å². The summed E-state index contributed by atoms with van der Waals surface area (Å²) in [6, 6.07) is 10.5. The molecule has 0 unspecified atom stereocenters. The Balaban J connectivity index is 1.69. The average molecular weight is 341 g/mol. The largest absolute Gasteiger partial charge is 0.368 e. The first-order chi connectivity index (χ1) is 11.6. The van der Waals surface area contributed by atoms with Gasteiger partial charge < -0.3 is 10.3 Å². The van der Waals surface area contributed by atoms with Gasteiger partial charge in [0.05, 0.1) is 6.33 Å². The Labute approximate surface area is 146 Å². The van der Waals surface area contributed by atoms with Gasteiger partial charge in [-0.15, -0.1) is 11.8 Å². The monoisotopic (exact) mass is 341 g/mol. The number of anilines is 1. The zero-order chi connectivity index (χ0) is 16.9. The van der Waals surface area contributed by atoms with Crippen LogP contribution in [-0.4, -0.2) is 25.3 Å². The van der Waals surface area contributed by atoms with Crippen molar-refractivity contribution in [1.29, 1.82) is 0 Å². The van der Waals surface area contributed by atoms with Gasteiger partial charge in [-0.3, -0.25) is 0 Å². The van der Waals surface area contributed by atoms with Crippen LogP contribution in [0.4, 0.5) is 5.95 Å². The molecule has 6 heteroatoms. The van der Waals surface area contributed by atoms with Gasteiger partial charge in [0.2, 0.25) is 5.95 Å². The molecular formula is C18H23N5S. The molecule has 5 nitrogen and oxygen atoms in total. The summed E-state index contributed by atoms with van der Waals surface area (Å²) in [4.78, 5) is 13.3. The highest BCUT2D eigenvalue weighted by atomic mass is 32.2. The van der Waals surface area contributed by atoms with Crippen molar-refractivity contribution in [2.75, 3.05) is 11.5 Å². The van der Waals surface area contributed by atoms with Gasteiger partial charge in [-0.05, 0) is 30.1 Å². The molecule has 2 heterocycles. The van der Waals surface area contributed by atoms with Crippen molar-refractivity contribution in [2.45, 2.75) is 38.3 Å². The van der Waals surface area contributed by atoms with E-state index in [0.717, 1.165) is 41.3 Å². The molecule has 0 spiro atoms. The zero-order valence-electron chi connectivity index (χ0n) is 14.1. The molecule has 3 rings (SSSR count). The summed E-state index contributed by atoms with van der Waals surface area (Å²) in [5.41, 5.74) is 8.96. The number of nitrogens with zero attached hydrogens (tertiary/aromatic N) is 4. The topological polar surface area (TPSA) is 69.6 Å². The van der Waals surface area contributed by atoms with Crippen LogP contribution >= 0.6 is 11.8 Å². The summed E-state index contributed by atoms with van der Waals surface area (Å²) in [6.07, 6.45) is 4.00. The van der Waals surface area contributed by atoms with E-state index in [-0.39, 0.29) is 0 Å². The van der Waals surface area contributed by atoms with Crippen molar-refractivity contribution in [3.8, 4) is 0 Å². The standard InChI is InChI=1S/C18H23N5S/c1-13(2)11-23-12-20-15-16(23)21-18(19)22-17(15)24-10-6-9-14-7-4-3-5-8-14/h3-5,7-8,12-13H,6,9-11H2,1-2H3,(H2,19,21,22). The van der Waals surface area contributed by atoms with Crippen molar-refractivity contribution in [3.05, 3.63) is 42.2 Å². The first-order valence-electron chi connectivity index (χ1n) is 8.28. The number of nitrogens with two attached hydrogens (primary N) is 1. The predicted octanol–water partition coefficient (Wildman–Crippen LogP) is 3.79. The summed E-state index contributed by atoms with van der Waals surface area (Å²) >= 11 is 1.71. The number of hydrogen-bond donors (Lipinski definition) is 1. The third-order valence-corrected chi connectivity index (χ3v) is 4.75. The summed E-state index contributed by atoms with van der Waals surface area (Å²) < 4.78 is 2.06. The fraction of sp³-hybridized carbons (Fsp3) is 0.389. The van der Waals surface area contributed by atoms with Crippen molar-refractivity contribution in [3.63, 3.8) is 0 Å². The highest BCUT2D eigenvalue weighted by Gasteiger charge is 2.13. The molecule has 0 fully saturated rings. The number of benzene rings is 1. The third kappa shape index (κ3) is 4.06. The molecule has 0 aliphatic carbocycles. The van der Waals surface area contributed by atoms with Gasteiger partial charge in [0.25, 0.3) is 0 Å². The summed E-state index contributed by atoms with van der Waals surface area (Å²) in [5.74, 6) is 1.83. The molecule has 126 valence electrons. The Morgan fingerprint density at radius 1 is 1.17 bits per heavy atom. The van der Waals surface area contributed by atoms with Crippen LogP contribution in [0.3, 0.4) is 0 Å². The molecule has 0 atom stereocenters. The van der Waals surface area contributed by atoms with Crippen LogP contribution in [0.15, 0.2) is 41.7 Å². The van der Waals surface area contributed by atoms with Crippen molar-refractivity contribution < 1.29 is 0 Å². The zero-order valence-corrected chi connectivity index (χ0v) is 15.0. The summed E-state index contributed by atoms with van der Waals surface area (Å²) in [5, 5.41) is 0.882. The minimum Gasteiger partial charge on any atom is -0.368 e. The third-order valence-electron chi connectivity index (χ3n) is 3.70. The van der Waals surface area contributed by atoms with E-state index in [1.165, 1.54) is 5.56 Å². The lowest BCUT2D eigenvalue weighted by atomic mass is 10.1. The number of thioether (sulfide) groups is 1. The fourth-order valence-electron chi connectivity index (χ4n) is 2.65. The van der Waals surface area contributed by atoms with Crippen molar-refractivity contribution in [2.24, 2.45) is 5.92 Å². The highest BCUT2D eigenvalue weighted by molar-refractivity contribution is 7.99. The lowest BCUT2D eigenvalue weighted by molar-refractivity contribution is 0.530. The van der Waals surface area contributed by atoms with Gasteiger partial charge in [-0.25, -0.2) is 9.97 Å². The number of fused-ring (bicyclic) bond motifs is 1. The van der Waals surface area contributed by atoms with Gasteiger partial charge in [0.1, 0.15) is 10.5 Å². The molecular weight excluding hydrogens is 318 g/mol. The molecule has 0 aliphatic rings. The van der Waals surface area contributed by atoms with E-state index in [9.17, 15) is 0 Å². The molecule has 0 amide bonds. The van der Waals surface area contributed by atoms with Crippen LogP contribution in [0.5, 0.6) is 0 Å². The molecule has 2 aromatic heterocycles. The van der Waals surface area contributed by atoms with E-state index >= 15 is 0 Å². The summed E-state index contributed by atoms with van der Waals surface area (Å²) in [7, 11) is 0. The Morgan fingerprint density at radius 2 is 1.96 bits per heavy atom. The SMILES string of the molecule is CC(C)Cn1cnc2c(SCCCc3ccccc3)nc(N)nc21. The second kappa shape index (κ2) is 7.66. The molecule has 0 bridgehead atoms. The van der Waals surface area contributed by atoms with Crippen LogP contribution in [0.25, 0.3) is 11.2 Å². The average Bonchev–Trinajstić information content (AvgIpc) is 2.94. The van der Waals surface area contributed by atoms with Gasteiger partial charge >= 0.3 is 0 Å². The first-order valence-corrected chi connectivity index (χ1v) is 9.27. The van der Waals surface area contributed by atoms with Crippen LogP contribution < -0.4 is 5.73 Å². The van der Waals surface area contributed by atoms with Crippen LogP contribution in [0, 0.1) is 5.92 Å². The first kappa shape index (κ1) is 16.8. The Morgan fingerprint density at radius 3 is 2.71 bits per heavy atom. The second-order valence-electron chi connectivity index (χ2n) is 6.29. The predicted molar refractivity (Wildman–Crippen MR) is 100 cm³/mol. The fourth-order valence-corrected chi connectivity index (χ4v) is 3.57. The Hall–Kier alpha value is -2.08. The summed E-state index contributed by atoms with van der Waals surface area (Å²) in [6.45, 7) is 5.23. The molecule has 24 heavy (non-hydrogen) atoms. The second-order valence-corrected chi connectivity index (χ2v) is 7.37. The maximum absolute atomic E-state index is 5.90. The smallest absolute Gasteiger partial charge is 0.223 e. The highest BCUT2D eigenvalue weighted by Crippen LogP contribution is 2.26. The van der Waals surface area contributed by atoms with Gasteiger partial charge in [0.15, 0.2) is 5.65 Å². The normalized spacial score (nSPS) is 11.5. The quantitative estimate of drug-likeness (QED) is 0.402.